The van der Waals surface area contributed by atoms with Crippen LogP contribution >= 0.6 is 0 Å². The molecule has 0 atom stereocenters. The number of nitrogens with zero attached hydrogens (tertiary/aromatic N) is 4. The summed E-state index contributed by atoms with van der Waals surface area (Å²) >= 11 is 0. The van der Waals surface area contributed by atoms with Crippen LogP contribution in [0, 0.1) is 0 Å². The second-order valence-electron chi connectivity index (χ2n) is 5.75. The standard InChI is InChI=1S/C19H18N4O4/c1-24-15-9-8-12(17(25-2)18(15)26-3)19-21-16(27-22-19)10-23-11-20-13-6-4-5-7-14(13)23/h4-9,11H,10H2,1-3H3. The molecule has 2 aromatic carbocycles. The Morgan fingerprint density at radius 3 is 2.56 bits per heavy atom. The predicted molar refractivity (Wildman–Crippen MR) is 98.2 cm³/mol. The van der Waals surface area contributed by atoms with Crippen LogP contribution in [0.5, 0.6) is 17.2 Å². The number of methoxy groups -OCH3 is 3. The van der Waals surface area contributed by atoms with Crippen LogP contribution in [0.15, 0.2) is 47.2 Å². The highest BCUT2D eigenvalue weighted by molar-refractivity contribution is 5.75. The third kappa shape index (κ3) is 2.95. The van der Waals surface area contributed by atoms with Gasteiger partial charge in [-0.05, 0) is 24.3 Å². The smallest absolute Gasteiger partial charge is 0.246 e. The van der Waals surface area contributed by atoms with E-state index in [1.807, 2.05) is 28.8 Å². The van der Waals surface area contributed by atoms with Crippen LogP contribution < -0.4 is 14.2 Å². The first-order chi connectivity index (χ1) is 13.2. The number of ether oxygens (including phenoxy) is 3. The zero-order chi connectivity index (χ0) is 18.8. The van der Waals surface area contributed by atoms with Gasteiger partial charge in [-0.2, -0.15) is 4.98 Å². The Morgan fingerprint density at radius 1 is 0.963 bits per heavy atom. The Kier molecular flexibility index (Phi) is 4.37. The molecule has 0 spiro atoms. The van der Waals surface area contributed by atoms with Crippen molar-refractivity contribution in [2.75, 3.05) is 21.3 Å². The van der Waals surface area contributed by atoms with E-state index in [4.69, 9.17) is 18.7 Å². The molecule has 0 N–H and O–H groups in total. The van der Waals surface area contributed by atoms with E-state index in [2.05, 4.69) is 15.1 Å². The Labute approximate surface area is 155 Å². The van der Waals surface area contributed by atoms with Gasteiger partial charge in [0.15, 0.2) is 11.5 Å². The fourth-order valence-corrected chi connectivity index (χ4v) is 2.99. The van der Waals surface area contributed by atoms with E-state index in [0.29, 0.717) is 41.1 Å². The summed E-state index contributed by atoms with van der Waals surface area (Å²) in [5.74, 6) is 2.39. The molecule has 0 aliphatic rings. The Morgan fingerprint density at radius 2 is 1.78 bits per heavy atom. The summed E-state index contributed by atoms with van der Waals surface area (Å²) in [6, 6.07) is 11.5. The maximum Gasteiger partial charge on any atom is 0.246 e. The van der Waals surface area contributed by atoms with Crippen LogP contribution in [-0.2, 0) is 6.54 Å². The molecule has 0 fully saturated rings. The molecule has 0 aliphatic carbocycles. The maximum atomic E-state index is 5.50. The Balaban J connectivity index is 1.69. The molecule has 4 rings (SSSR count). The van der Waals surface area contributed by atoms with Gasteiger partial charge in [-0.15, -0.1) is 0 Å². The molecular weight excluding hydrogens is 348 g/mol. The van der Waals surface area contributed by atoms with Crippen molar-refractivity contribution < 1.29 is 18.7 Å². The highest BCUT2D eigenvalue weighted by Gasteiger charge is 2.21. The zero-order valence-corrected chi connectivity index (χ0v) is 15.2. The summed E-state index contributed by atoms with van der Waals surface area (Å²) in [6.07, 6.45) is 1.76. The van der Waals surface area contributed by atoms with Gasteiger partial charge in [0, 0.05) is 0 Å². The molecular formula is C19H18N4O4. The molecule has 27 heavy (non-hydrogen) atoms. The summed E-state index contributed by atoms with van der Waals surface area (Å²) in [4.78, 5) is 8.87. The normalized spacial score (nSPS) is 10.9. The molecule has 138 valence electrons. The number of imidazole rings is 1. The molecule has 0 unspecified atom stereocenters. The molecule has 2 aromatic heterocycles. The number of para-hydroxylation sites is 2. The number of aromatic nitrogens is 4. The lowest BCUT2D eigenvalue weighted by atomic mass is 10.1. The van der Waals surface area contributed by atoms with E-state index in [-0.39, 0.29) is 0 Å². The van der Waals surface area contributed by atoms with Crippen LogP contribution in [0.3, 0.4) is 0 Å². The third-order valence-corrected chi connectivity index (χ3v) is 4.25. The number of benzene rings is 2. The molecule has 8 heteroatoms. The van der Waals surface area contributed by atoms with Gasteiger partial charge >= 0.3 is 0 Å². The second kappa shape index (κ2) is 6.99. The molecule has 0 amide bonds. The quantitative estimate of drug-likeness (QED) is 0.518. The minimum Gasteiger partial charge on any atom is -0.493 e. The first-order valence-corrected chi connectivity index (χ1v) is 8.27. The van der Waals surface area contributed by atoms with E-state index in [1.54, 1.807) is 39.8 Å². The SMILES string of the molecule is COc1ccc(-c2noc(Cn3cnc4ccccc43)n2)c(OC)c1OC. The summed E-state index contributed by atoms with van der Waals surface area (Å²) in [5.41, 5.74) is 2.57. The van der Waals surface area contributed by atoms with E-state index in [0.717, 1.165) is 11.0 Å². The Hall–Kier alpha value is -3.55. The zero-order valence-electron chi connectivity index (χ0n) is 15.2. The van der Waals surface area contributed by atoms with Gasteiger partial charge in [0.1, 0.15) is 6.54 Å². The van der Waals surface area contributed by atoms with Crippen molar-refractivity contribution in [2.45, 2.75) is 6.54 Å². The highest BCUT2D eigenvalue weighted by Crippen LogP contribution is 2.43. The molecule has 0 bridgehead atoms. The average Bonchev–Trinajstić information content (AvgIpc) is 3.34. The monoisotopic (exact) mass is 366 g/mol. The van der Waals surface area contributed by atoms with Crippen molar-refractivity contribution in [3.05, 3.63) is 48.6 Å². The van der Waals surface area contributed by atoms with E-state index >= 15 is 0 Å². The number of rotatable bonds is 6. The first kappa shape index (κ1) is 16.9. The van der Waals surface area contributed by atoms with Gasteiger partial charge in [0.25, 0.3) is 0 Å². The molecule has 8 nitrogen and oxygen atoms in total. The number of hydrogen-bond acceptors (Lipinski definition) is 7. The lowest BCUT2D eigenvalue weighted by Crippen LogP contribution is -1.99. The second-order valence-corrected chi connectivity index (χ2v) is 5.75. The number of hydrogen-bond donors (Lipinski definition) is 0. The van der Waals surface area contributed by atoms with Gasteiger partial charge in [0.05, 0.1) is 44.3 Å². The minimum atomic E-state index is 0.409. The molecule has 0 saturated carbocycles. The average molecular weight is 366 g/mol. The van der Waals surface area contributed by atoms with Gasteiger partial charge in [-0.1, -0.05) is 17.3 Å². The van der Waals surface area contributed by atoms with Gasteiger partial charge in [0.2, 0.25) is 17.5 Å². The van der Waals surface area contributed by atoms with E-state index in [9.17, 15) is 0 Å². The van der Waals surface area contributed by atoms with E-state index in [1.165, 1.54) is 0 Å². The topological polar surface area (TPSA) is 84.4 Å². The van der Waals surface area contributed by atoms with Crippen molar-refractivity contribution in [3.63, 3.8) is 0 Å². The van der Waals surface area contributed by atoms with E-state index < -0.39 is 0 Å². The molecule has 0 saturated heterocycles. The summed E-state index contributed by atoms with van der Waals surface area (Å²) in [5, 5.41) is 4.09. The van der Waals surface area contributed by atoms with Crippen molar-refractivity contribution in [1.29, 1.82) is 0 Å². The highest BCUT2D eigenvalue weighted by atomic mass is 16.5. The van der Waals surface area contributed by atoms with Crippen molar-refractivity contribution in [1.82, 2.24) is 19.7 Å². The largest absolute Gasteiger partial charge is 0.493 e. The maximum absolute atomic E-state index is 5.50. The van der Waals surface area contributed by atoms with Crippen molar-refractivity contribution >= 4 is 11.0 Å². The van der Waals surface area contributed by atoms with Crippen LogP contribution in [-0.4, -0.2) is 41.0 Å². The Bertz CT molecular complexity index is 1090. The number of fused-ring (bicyclic) bond motifs is 1. The van der Waals surface area contributed by atoms with Crippen molar-refractivity contribution in [2.24, 2.45) is 0 Å². The van der Waals surface area contributed by atoms with Crippen molar-refractivity contribution in [3.8, 4) is 28.6 Å². The summed E-state index contributed by atoms with van der Waals surface area (Å²) in [6.45, 7) is 0.420. The van der Waals surface area contributed by atoms with Crippen LogP contribution in [0.2, 0.25) is 0 Å². The molecule has 2 heterocycles. The predicted octanol–water partition coefficient (Wildman–Crippen LogP) is 3.16. The van der Waals surface area contributed by atoms with Crippen LogP contribution in [0.1, 0.15) is 5.89 Å². The third-order valence-electron chi connectivity index (χ3n) is 4.25. The lowest BCUT2D eigenvalue weighted by Gasteiger charge is -2.13. The van der Waals surface area contributed by atoms with Gasteiger partial charge < -0.3 is 23.3 Å². The fraction of sp³-hybridized carbons (Fsp3) is 0.211. The van der Waals surface area contributed by atoms with Gasteiger partial charge in [-0.3, -0.25) is 0 Å². The molecule has 0 aliphatic heterocycles. The summed E-state index contributed by atoms with van der Waals surface area (Å²) in [7, 11) is 4.67. The first-order valence-electron chi connectivity index (χ1n) is 8.27. The minimum absolute atomic E-state index is 0.409. The fourth-order valence-electron chi connectivity index (χ4n) is 2.99. The molecule has 0 radical (unpaired) electrons. The van der Waals surface area contributed by atoms with Crippen LogP contribution in [0.4, 0.5) is 0 Å². The lowest BCUT2D eigenvalue weighted by molar-refractivity contribution is 0.325. The molecule has 4 aromatic rings. The summed E-state index contributed by atoms with van der Waals surface area (Å²) < 4.78 is 23.6. The van der Waals surface area contributed by atoms with Crippen LogP contribution in [0.25, 0.3) is 22.4 Å². The van der Waals surface area contributed by atoms with Gasteiger partial charge in [-0.25, -0.2) is 4.98 Å².